The number of amides is 1. The molecule has 3 aromatic rings. The summed E-state index contributed by atoms with van der Waals surface area (Å²) in [6.45, 7) is 0. The van der Waals surface area contributed by atoms with Gasteiger partial charge in [-0.2, -0.15) is 5.26 Å². The molecule has 1 heterocycles. The molecule has 1 aromatic heterocycles. The van der Waals surface area contributed by atoms with Gasteiger partial charge in [-0.05, 0) is 42.5 Å². The number of nitrogens with one attached hydrogen (secondary N) is 1. The lowest BCUT2D eigenvalue weighted by atomic mass is 9.81. The fraction of sp³-hybridized carbons (Fsp3) is 0.217. The highest BCUT2D eigenvalue weighted by Gasteiger charge is 2.42. The Kier molecular flexibility index (Phi) is 4.02. The Morgan fingerprint density at radius 2 is 1.97 bits per heavy atom. The van der Waals surface area contributed by atoms with Gasteiger partial charge in [0.25, 0.3) is 0 Å². The van der Waals surface area contributed by atoms with Crippen LogP contribution in [0.4, 0.5) is 5.69 Å². The van der Waals surface area contributed by atoms with Gasteiger partial charge in [-0.15, -0.1) is 0 Å². The molecular formula is C23H17N3O3. The SMILES string of the molecule is N#CC(C(=O)Nc1ccccc1)C(=O)c1noc2c1C1CCCc3cccc-2c31. The topological polar surface area (TPSA) is 96.0 Å². The number of benzene rings is 2. The molecule has 0 aliphatic heterocycles. The molecule has 142 valence electrons. The first-order valence-corrected chi connectivity index (χ1v) is 9.60. The summed E-state index contributed by atoms with van der Waals surface area (Å²) in [6.07, 6.45) is 2.91. The van der Waals surface area contributed by atoms with E-state index in [4.69, 9.17) is 4.52 Å². The van der Waals surface area contributed by atoms with Gasteiger partial charge >= 0.3 is 0 Å². The van der Waals surface area contributed by atoms with Gasteiger partial charge in [0.15, 0.2) is 17.4 Å². The van der Waals surface area contributed by atoms with Crippen LogP contribution in [0.15, 0.2) is 53.1 Å². The van der Waals surface area contributed by atoms with Crippen molar-refractivity contribution in [2.75, 3.05) is 5.32 Å². The zero-order chi connectivity index (χ0) is 20.0. The lowest BCUT2D eigenvalue weighted by molar-refractivity contribution is -0.117. The second kappa shape index (κ2) is 6.71. The van der Waals surface area contributed by atoms with E-state index in [2.05, 4.69) is 16.5 Å². The molecule has 1 N–H and O–H groups in total. The quantitative estimate of drug-likeness (QED) is 0.541. The van der Waals surface area contributed by atoms with Gasteiger partial charge in [0, 0.05) is 22.7 Å². The molecule has 5 rings (SSSR count). The van der Waals surface area contributed by atoms with Crippen molar-refractivity contribution < 1.29 is 14.1 Å². The van der Waals surface area contributed by atoms with E-state index in [-0.39, 0.29) is 11.6 Å². The number of aryl methyl sites for hydroxylation is 1. The first kappa shape index (κ1) is 17.4. The molecule has 0 radical (unpaired) electrons. The van der Waals surface area contributed by atoms with Crippen LogP contribution in [0.3, 0.4) is 0 Å². The third-order valence-corrected chi connectivity index (χ3v) is 5.73. The number of anilines is 1. The molecule has 2 atom stereocenters. The van der Waals surface area contributed by atoms with Gasteiger partial charge in [0.1, 0.15) is 0 Å². The van der Waals surface area contributed by atoms with Crippen molar-refractivity contribution in [2.45, 2.75) is 25.2 Å². The third kappa shape index (κ3) is 2.66. The van der Waals surface area contributed by atoms with Gasteiger partial charge in [-0.25, -0.2) is 0 Å². The molecule has 2 aliphatic rings. The number of carbonyl (C=O) groups is 2. The average molecular weight is 383 g/mol. The number of fused-ring (bicyclic) bond motifs is 3. The van der Waals surface area contributed by atoms with Gasteiger partial charge in [-0.3, -0.25) is 9.59 Å². The Morgan fingerprint density at radius 3 is 2.76 bits per heavy atom. The molecule has 0 bridgehead atoms. The van der Waals surface area contributed by atoms with Gasteiger partial charge < -0.3 is 9.84 Å². The Balaban J connectivity index is 1.49. The molecule has 6 nitrogen and oxygen atoms in total. The lowest BCUT2D eigenvalue weighted by Crippen LogP contribution is -2.29. The van der Waals surface area contributed by atoms with E-state index in [1.807, 2.05) is 24.3 Å². The summed E-state index contributed by atoms with van der Waals surface area (Å²) in [4.78, 5) is 25.7. The second-order valence-corrected chi connectivity index (χ2v) is 7.38. The number of carbonyl (C=O) groups excluding carboxylic acids is 2. The van der Waals surface area contributed by atoms with Crippen LogP contribution in [-0.2, 0) is 11.2 Å². The van der Waals surface area contributed by atoms with Crippen molar-refractivity contribution in [1.82, 2.24) is 5.16 Å². The lowest BCUT2D eigenvalue weighted by Gasteiger charge is -2.22. The van der Waals surface area contributed by atoms with Crippen molar-refractivity contribution in [1.29, 1.82) is 5.26 Å². The Labute approximate surface area is 167 Å². The molecule has 2 unspecified atom stereocenters. The smallest absolute Gasteiger partial charge is 0.249 e. The first-order chi connectivity index (χ1) is 14.2. The second-order valence-electron chi connectivity index (χ2n) is 7.38. The highest BCUT2D eigenvalue weighted by atomic mass is 16.5. The largest absolute Gasteiger partial charge is 0.355 e. The Bertz CT molecular complexity index is 1170. The number of rotatable bonds is 4. The van der Waals surface area contributed by atoms with Crippen LogP contribution in [0.1, 0.15) is 45.9 Å². The third-order valence-electron chi connectivity index (χ3n) is 5.73. The van der Waals surface area contributed by atoms with Crippen LogP contribution in [0, 0.1) is 17.2 Å². The van der Waals surface area contributed by atoms with Crippen molar-refractivity contribution in [2.24, 2.45) is 5.92 Å². The standard InChI is InChI=1S/C23H17N3O3/c24-12-17(23(28)25-14-8-2-1-3-9-14)21(27)20-19-15-10-4-6-13-7-5-11-16(18(13)15)22(19)29-26-20/h1-3,5,7-9,11,15,17H,4,6,10H2,(H,25,28). The van der Waals surface area contributed by atoms with E-state index >= 15 is 0 Å². The molecule has 1 amide bonds. The fourth-order valence-electron chi connectivity index (χ4n) is 4.47. The average Bonchev–Trinajstić information content (AvgIpc) is 3.31. The van der Waals surface area contributed by atoms with Gasteiger partial charge in [-0.1, -0.05) is 41.6 Å². The number of nitriles is 1. The van der Waals surface area contributed by atoms with Crippen molar-refractivity contribution >= 4 is 17.4 Å². The molecule has 0 saturated carbocycles. The number of ketones is 1. The van der Waals surface area contributed by atoms with E-state index < -0.39 is 17.6 Å². The number of nitrogens with zero attached hydrogens (tertiary/aromatic N) is 2. The molecule has 0 spiro atoms. The van der Waals surface area contributed by atoms with E-state index in [1.165, 1.54) is 11.1 Å². The minimum atomic E-state index is -1.49. The summed E-state index contributed by atoms with van der Waals surface area (Å²) in [7, 11) is 0. The van der Waals surface area contributed by atoms with Gasteiger partial charge in [0.2, 0.25) is 11.7 Å². The minimum absolute atomic E-state index is 0.0340. The summed E-state index contributed by atoms with van der Waals surface area (Å²) in [5.41, 5.74) is 4.79. The van der Waals surface area contributed by atoms with Crippen LogP contribution in [0.25, 0.3) is 11.3 Å². The summed E-state index contributed by atoms with van der Waals surface area (Å²) in [5.74, 6) is -2.15. The number of Topliss-reactive ketones (excluding diaryl/α,β-unsaturated/α-hetero) is 1. The van der Waals surface area contributed by atoms with E-state index in [1.54, 1.807) is 24.3 Å². The highest BCUT2D eigenvalue weighted by molar-refractivity contribution is 6.16. The van der Waals surface area contributed by atoms with Crippen LogP contribution in [0.5, 0.6) is 0 Å². The number of hydrogen-bond donors (Lipinski definition) is 1. The molecule has 29 heavy (non-hydrogen) atoms. The van der Waals surface area contributed by atoms with E-state index in [0.717, 1.165) is 30.4 Å². The van der Waals surface area contributed by atoms with E-state index in [9.17, 15) is 14.9 Å². The summed E-state index contributed by atoms with van der Waals surface area (Å²) in [6, 6.07) is 16.7. The maximum Gasteiger partial charge on any atom is 0.249 e. The van der Waals surface area contributed by atoms with E-state index in [0.29, 0.717) is 11.4 Å². The minimum Gasteiger partial charge on any atom is -0.355 e. The Hall–Kier alpha value is -3.72. The summed E-state index contributed by atoms with van der Waals surface area (Å²) < 4.78 is 5.55. The molecule has 0 saturated heterocycles. The van der Waals surface area contributed by atoms with Gasteiger partial charge in [0.05, 0.1) is 6.07 Å². The van der Waals surface area contributed by atoms with Crippen LogP contribution >= 0.6 is 0 Å². The molecule has 6 heteroatoms. The predicted molar refractivity (Wildman–Crippen MR) is 105 cm³/mol. The molecule has 2 aromatic carbocycles. The zero-order valence-electron chi connectivity index (χ0n) is 15.5. The van der Waals surface area contributed by atoms with Crippen molar-refractivity contribution in [3.05, 3.63) is 70.9 Å². The summed E-state index contributed by atoms with van der Waals surface area (Å²) in [5, 5.41) is 16.2. The van der Waals surface area contributed by atoms with Crippen LogP contribution in [-0.4, -0.2) is 16.8 Å². The van der Waals surface area contributed by atoms with Crippen molar-refractivity contribution in [3.8, 4) is 17.4 Å². The van der Waals surface area contributed by atoms with Crippen molar-refractivity contribution in [3.63, 3.8) is 0 Å². The van der Waals surface area contributed by atoms with Crippen LogP contribution < -0.4 is 5.32 Å². The monoisotopic (exact) mass is 383 g/mol. The maximum absolute atomic E-state index is 13.1. The molecule has 0 fully saturated rings. The number of para-hydroxylation sites is 1. The fourth-order valence-corrected chi connectivity index (χ4v) is 4.47. The maximum atomic E-state index is 13.1. The molecular weight excluding hydrogens is 366 g/mol. The normalized spacial score (nSPS) is 17.0. The van der Waals surface area contributed by atoms with Crippen LogP contribution in [0.2, 0.25) is 0 Å². The highest BCUT2D eigenvalue weighted by Crippen LogP contribution is 2.52. The number of aromatic nitrogens is 1. The summed E-state index contributed by atoms with van der Waals surface area (Å²) >= 11 is 0. The first-order valence-electron chi connectivity index (χ1n) is 9.60. The predicted octanol–water partition coefficient (Wildman–Crippen LogP) is 4.08. The number of hydrogen-bond acceptors (Lipinski definition) is 5. The Morgan fingerprint density at radius 1 is 1.14 bits per heavy atom. The molecule has 2 aliphatic carbocycles. The zero-order valence-corrected chi connectivity index (χ0v) is 15.5.